The van der Waals surface area contributed by atoms with Gasteiger partial charge in [-0.05, 0) is 45.0 Å². The molecule has 0 fully saturated rings. The molecule has 0 saturated carbocycles. The molecule has 1 atom stereocenters. The zero-order valence-electron chi connectivity index (χ0n) is 17.8. The van der Waals surface area contributed by atoms with Crippen molar-refractivity contribution in [3.05, 3.63) is 64.8 Å². The number of carbonyl (C=O) groups excluding carboxylic acids is 2. The van der Waals surface area contributed by atoms with Crippen LogP contribution in [0.3, 0.4) is 0 Å². The first-order valence-corrected chi connectivity index (χ1v) is 11.4. The molecule has 0 radical (unpaired) electrons. The summed E-state index contributed by atoms with van der Waals surface area (Å²) >= 11 is 7.81. The van der Waals surface area contributed by atoms with Crippen molar-refractivity contribution in [3.8, 4) is 23.0 Å². The van der Waals surface area contributed by atoms with Gasteiger partial charge in [0, 0.05) is 32.3 Å². The molecule has 1 amide bonds. The minimum Gasteiger partial charge on any atom is -0.350 e. The molecule has 1 aromatic heterocycles. The van der Waals surface area contributed by atoms with Gasteiger partial charge < -0.3 is 5.32 Å². The minimum absolute atomic E-state index is 0.137. The number of halogens is 1. The maximum Gasteiger partial charge on any atom is 0.245 e. The third-order valence-corrected chi connectivity index (χ3v) is 6.27. The van der Waals surface area contributed by atoms with Gasteiger partial charge in [0.25, 0.3) is 0 Å². The van der Waals surface area contributed by atoms with Gasteiger partial charge in [-0.1, -0.05) is 35.9 Å². The van der Waals surface area contributed by atoms with Crippen molar-refractivity contribution in [2.45, 2.75) is 37.0 Å². The number of nitrogens with zero attached hydrogens (tertiary/aromatic N) is 3. The van der Waals surface area contributed by atoms with E-state index in [1.807, 2.05) is 42.5 Å². The summed E-state index contributed by atoms with van der Waals surface area (Å²) < 4.78 is 1.68. The van der Waals surface area contributed by atoms with Crippen LogP contribution in [0.4, 0.5) is 0 Å². The van der Waals surface area contributed by atoms with Crippen LogP contribution in [0.5, 0.6) is 0 Å². The fourth-order valence-corrected chi connectivity index (χ4v) is 4.86. The van der Waals surface area contributed by atoms with Crippen LogP contribution < -0.4 is 5.32 Å². The number of amides is 1. The Morgan fingerprint density at radius 2 is 1.97 bits per heavy atom. The van der Waals surface area contributed by atoms with E-state index in [-0.39, 0.29) is 5.69 Å². The summed E-state index contributed by atoms with van der Waals surface area (Å²) in [4.78, 5) is 27.2. The molecule has 0 bridgehead atoms. The second-order valence-electron chi connectivity index (χ2n) is 8.52. The molecule has 4 rings (SSSR count). The van der Waals surface area contributed by atoms with Gasteiger partial charge >= 0.3 is 0 Å². The van der Waals surface area contributed by atoms with Gasteiger partial charge in [0.2, 0.25) is 11.7 Å². The van der Waals surface area contributed by atoms with E-state index in [0.29, 0.717) is 22.0 Å². The van der Waals surface area contributed by atoms with E-state index in [1.54, 1.807) is 49.3 Å². The topological polar surface area (TPSA) is 87.8 Å². The first kappa shape index (κ1) is 22.1. The molecule has 8 heteroatoms. The number of aromatic nitrogens is 2. The Balaban J connectivity index is 1.87. The molecule has 0 aliphatic carbocycles. The summed E-state index contributed by atoms with van der Waals surface area (Å²) in [6, 6.07) is 17.0. The zero-order chi connectivity index (χ0) is 23.0. The van der Waals surface area contributed by atoms with Crippen LogP contribution in [0, 0.1) is 17.2 Å². The van der Waals surface area contributed by atoms with Gasteiger partial charge in [0.15, 0.2) is 5.92 Å². The average molecular weight is 465 g/mol. The van der Waals surface area contributed by atoms with Crippen molar-refractivity contribution >= 4 is 35.1 Å². The van der Waals surface area contributed by atoms with Crippen molar-refractivity contribution in [1.29, 1.82) is 5.26 Å². The van der Waals surface area contributed by atoms with Gasteiger partial charge in [-0.15, -0.1) is 11.8 Å². The molecule has 1 N–H and O–H groups in total. The fraction of sp³-hybridized carbons (Fsp3) is 0.250. The summed E-state index contributed by atoms with van der Waals surface area (Å²) in [7, 11) is 0. The number of hydrogen-bond donors (Lipinski definition) is 1. The number of thioether (sulfide) groups is 1. The highest BCUT2D eigenvalue weighted by Gasteiger charge is 2.36. The molecule has 2 aromatic carbocycles. The lowest BCUT2D eigenvalue weighted by Gasteiger charge is -2.22. The lowest BCUT2D eigenvalue weighted by molar-refractivity contribution is -0.123. The Morgan fingerprint density at radius 1 is 1.22 bits per heavy atom. The van der Waals surface area contributed by atoms with Crippen LogP contribution in [-0.2, 0) is 10.5 Å². The van der Waals surface area contributed by atoms with E-state index < -0.39 is 23.1 Å². The summed E-state index contributed by atoms with van der Waals surface area (Å²) in [6.07, 6.45) is 0. The van der Waals surface area contributed by atoms with Crippen LogP contribution in [0.25, 0.3) is 16.9 Å². The first-order valence-electron chi connectivity index (χ1n) is 10.1. The quantitative estimate of drug-likeness (QED) is 0.432. The van der Waals surface area contributed by atoms with Gasteiger partial charge in [0.05, 0.1) is 17.5 Å². The smallest absolute Gasteiger partial charge is 0.245 e. The number of rotatable bonds is 4. The van der Waals surface area contributed by atoms with Crippen LogP contribution in [-0.4, -0.2) is 27.0 Å². The lowest BCUT2D eigenvalue weighted by atomic mass is 9.96. The van der Waals surface area contributed by atoms with Crippen LogP contribution >= 0.6 is 23.4 Å². The zero-order valence-corrected chi connectivity index (χ0v) is 19.4. The summed E-state index contributed by atoms with van der Waals surface area (Å²) in [5, 5.41) is 17.5. The third-order valence-electron chi connectivity index (χ3n) is 4.94. The molecular formula is C24H21ClN4O2S. The Morgan fingerprint density at radius 3 is 2.66 bits per heavy atom. The second kappa shape index (κ2) is 8.45. The number of hydrogen-bond acceptors (Lipinski definition) is 5. The average Bonchev–Trinajstić information content (AvgIpc) is 3.13. The number of nitrogens with one attached hydrogen (secondary N) is 1. The number of carbonyl (C=O) groups is 2. The van der Waals surface area contributed by atoms with Crippen molar-refractivity contribution in [2.24, 2.45) is 5.92 Å². The highest BCUT2D eigenvalue weighted by molar-refractivity contribution is 7.98. The summed E-state index contributed by atoms with van der Waals surface area (Å²) in [5.74, 6) is -2.21. The van der Waals surface area contributed by atoms with Crippen LogP contribution in [0.15, 0.2) is 53.4 Å². The van der Waals surface area contributed by atoms with E-state index in [2.05, 4.69) is 10.4 Å². The number of ketones is 1. The Hall–Kier alpha value is -3.08. The standard InChI is InChI=1S/C24H21ClN4O2S/c1-24(2,3)27-23(31)17(12-26)22(30)20-18-13-32-19-10-5-4-9-16(19)21(18)29(28-20)15-8-6-7-14(25)11-15/h4-11,17H,13H2,1-3H3,(H,27,31). The summed E-state index contributed by atoms with van der Waals surface area (Å²) in [6.45, 7) is 5.40. The molecule has 3 aromatic rings. The number of fused-ring (bicyclic) bond motifs is 3. The molecule has 1 unspecified atom stereocenters. The second-order valence-corrected chi connectivity index (χ2v) is 9.97. The maximum atomic E-state index is 13.4. The largest absolute Gasteiger partial charge is 0.350 e. The maximum absolute atomic E-state index is 13.4. The summed E-state index contributed by atoms with van der Waals surface area (Å²) in [5.41, 5.74) is 2.69. The van der Waals surface area contributed by atoms with Gasteiger partial charge in [-0.25, -0.2) is 4.68 Å². The molecule has 0 spiro atoms. The van der Waals surface area contributed by atoms with E-state index in [4.69, 9.17) is 11.6 Å². The van der Waals surface area contributed by atoms with Crippen molar-refractivity contribution in [3.63, 3.8) is 0 Å². The number of benzene rings is 2. The van der Waals surface area contributed by atoms with Crippen molar-refractivity contribution in [2.75, 3.05) is 0 Å². The van der Waals surface area contributed by atoms with Gasteiger partial charge in [-0.2, -0.15) is 10.4 Å². The van der Waals surface area contributed by atoms with Crippen molar-refractivity contribution in [1.82, 2.24) is 15.1 Å². The highest BCUT2D eigenvalue weighted by atomic mass is 35.5. The number of Topliss-reactive ketones (excluding diaryl/α,β-unsaturated/α-hetero) is 1. The van der Waals surface area contributed by atoms with E-state index >= 15 is 0 Å². The molecule has 2 heterocycles. The Bertz CT molecular complexity index is 1270. The molecule has 0 saturated heterocycles. The van der Waals surface area contributed by atoms with E-state index in [1.165, 1.54) is 0 Å². The lowest BCUT2D eigenvalue weighted by Crippen LogP contribution is -2.45. The minimum atomic E-state index is -1.48. The predicted octanol–water partition coefficient (Wildman–Crippen LogP) is 5.04. The van der Waals surface area contributed by atoms with E-state index in [0.717, 1.165) is 16.2 Å². The normalized spacial score (nSPS) is 13.5. The Labute approximate surface area is 195 Å². The molecule has 1 aliphatic heterocycles. The van der Waals surface area contributed by atoms with Crippen molar-refractivity contribution < 1.29 is 9.59 Å². The highest BCUT2D eigenvalue weighted by Crippen LogP contribution is 2.44. The molecule has 1 aliphatic rings. The Kier molecular flexibility index (Phi) is 5.85. The first-order chi connectivity index (χ1) is 15.2. The number of nitriles is 1. The van der Waals surface area contributed by atoms with E-state index in [9.17, 15) is 14.9 Å². The SMILES string of the molecule is CC(C)(C)NC(=O)C(C#N)C(=O)c1nn(-c2cccc(Cl)c2)c2c1CSc1ccccc1-2. The predicted molar refractivity (Wildman–Crippen MR) is 125 cm³/mol. The fourth-order valence-electron chi connectivity index (χ4n) is 3.61. The van der Waals surface area contributed by atoms with Gasteiger partial charge in [-0.3, -0.25) is 9.59 Å². The molecule has 32 heavy (non-hydrogen) atoms. The third kappa shape index (κ3) is 4.16. The van der Waals surface area contributed by atoms with Crippen LogP contribution in [0.2, 0.25) is 5.02 Å². The molecular weight excluding hydrogens is 444 g/mol. The monoisotopic (exact) mass is 464 g/mol. The molecule has 6 nitrogen and oxygen atoms in total. The molecule has 162 valence electrons. The van der Waals surface area contributed by atoms with Gasteiger partial charge in [0.1, 0.15) is 5.69 Å². The van der Waals surface area contributed by atoms with Crippen LogP contribution in [0.1, 0.15) is 36.8 Å².